The molecule has 2 aromatic carbocycles. The number of hydrogen-bond acceptors (Lipinski definition) is 4. The average Bonchev–Trinajstić information content (AvgIpc) is 3.44. The van der Waals surface area contributed by atoms with Crippen LogP contribution in [0.4, 0.5) is 5.69 Å². The molecular weight excluding hydrogens is 366 g/mol. The number of pyridine rings is 1. The molecule has 0 aliphatic heterocycles. The predicted octanol–water partition coefficient (Wildman–Crippen LogP) is 4.86. The van der Waals surface area contributed by atoms with Gasteiger partial charge in [0.25, 0.3) is 0 Å². The van der Waals surface area contributed by atoms with Crippen molar-refractivity contribution in [1.82, 2.24) is 9.71 Å². The topological polar surface area (TPSA) is 54.0 Å². The minimum absolute atomic E-state index is 0.0291. The van der Waals surface area contributed by atoms with Gasteiger partial charge in [0.05, 0.1) is 5.02 Å². The number of nitrogens with zero attached hydrogens (tertiary/aromatic N) is 1. The van der Waals surface area contributed by atoms with Gasteiger partial charge in [0.2, 0.25) is 5.91 Å². The van der Waals surface area contributed by atoms with Crippen LogP contribution in [0.2, 0.25) is 5.02 Å². The zero-order chi connectivity index (χ0) is 18.1. The third-order valence-electron chi connectivity index (χ3n) is 4.64. The molecule has 0 saturated heterocycles. The Balaban J connectivity index is 1.44. The Bertz CT molecular complexity index is 961. The lowest BCUT2D eigenvalue weighted by Gasteiger charge is -2.07. The number of carbonyl (C=O) groups excluding carboxylic acids is 1. The summed E-state index contributed by atoms with van der Waals surface area (Å²) in [6.07, 6.45) is 4.27. The van der Waals surface area contributed by atoms with E-state index in [1.807, 2.05) is 25.2 Å². The maximum atomic E-state index is 12.6. The van der Waals surface area contributed by atoms with Gasteiger partial charge < -0.3 is 5.32 Å². The normalized spacial score (nSPS) is 18.7. The molecule has 4 rings (SSSR count). The number of fused-ring (bicyclic) bond motifs is 1. The number of halogens is 1. The Morgan fingerprint density at radius 1 is 1.19 bits per heavy atom. The number of carbonyl (C=O) groups is 1. The quantitative estimate of drug-likeness (QED) is 0.618. The molecule has 2 atom stereocenters. The molecule has 1 aliphatic rings. The molecule has 132 valence electrons. The van der Waals surface area contributed by atoms with E-state index in [1.54, 1.807) is 24.3 Å². The Hall–Kier alpha value is -2.08. The highest BCUT2D eigenvalue weighted by molar-refractivity contribution is 7.97. The molecule has 1 heterocycles. The number of nitrogens with one attached hydrogen (secondary N) is 2. The summed E-state index contributed by atoms with van der Waals surface area (Å²) in [5.41, 5.74) is 1.99. The minimum Gasteiger partial charge on any atom is -0.326 e. The van der Waals surface area contributed by atoms with Gasteiger partial charge in [-0.3, -0.25) is 14.5 Å². The van der Waals surface area contributed by atoms with Crippen LogP contribution in [-0.2, 0) is 4.79 Å². The number of aromatic nitrogens is 1. The van der Waals surface area contributed by atoms with E-state index >= 15 is 0 Å². The molecule has 0 bridgehead atoms. The van der Waals surface area contributed by atoms with Crippen molar-refractivity contribution in [3.05, 3.63) is 65.4 Å². The maximum absolute atomic E-state index is 12.6. The third kappa shape index (κ3) is 3.56. The second-order valence-corrected chi connectivity index (χ2v) is 7.86. The van der Waals surface area contributed by atoms with E-state index in [0.29, 0.717) is 10.9 Å². The summed E-state index contributed by atoms with van der Waals surface area (Å²) in [5.74, 6) is 0.395. The fraction of sp³-hybridized carbons (Fsp3) is 0.200. The first-order valence-corrected chi connectivity index (χ1v) is 9.63. The van der Waals surface area contributed by atoms with E-state index in [0.717, 1.165) is 22.9 Å². The van der Waals surface area contributed by atoms with Crippen molar-refractivity contribution >= 4 is 45.9 Å². The number of benzene rings is 2. The van der Waals surface area contributed by atoms with Crippen LogP contribution in [0.15, 0.2) is 59.8 Å². The Labute approximate surface area is 161 Å². The molecular formula is C20H18ClN3OS. The molecule has 0 spiro atoms. The van der Waals surface area contributed by atoms with Crippen LogP contribution in [0.3, 0.4) is 0 Å². The van der Waals surface area contributed by atoms with E-state index in [9.17, 15) is 4.79 Å². The summed E-state index contributed by atoms with van der Waals surface area (Å²) in [7, 11) is 1.90. The number of amides is 1. The van der Waals surface area contributed by atoms with E-state index < -0.39 is 0 Å². The molecule has 1 amide bonds. The van der Waals surface area contributed by atoms with Crippen molar-refractivity contribution < 1.29 is 4.79 Å². The molecule has 26 heavy (non-hydrogen) atoms. The minimum atomic E-state index is 0.0291. The highest BCUT2D eigenvalue weighted by Gasteiger charge is 2.43. The van der Waals surface area contributed by atoms with Gasteiger partial charge in [0.1, 0.15) is 0 Å². The zero-order valence-electron chi connectivity index (χ0n) is 14.2. The van der Waals surface area contributed by atoms with Crippen LogP contribution in [-0.4, -0.2) is 17.9 Å². The van der Waals surface area contributed by atoms with Crippen molar-refractivity contribution in [1.29, 1.82) is 0 Å². The van der Waals surface area contributed by atoms with Crippen molar-refractivity contribution in [3.8, 4) is 0 Å². The van der Waals surface area contributed by atoms with E-state index in [-0.39, 0.29) is 11.8 Å². The first-order chi connectivity index (χ1) is 12.7. The van der Waals surface area contributed by atoms with Gasteiger partial charge >= 0.3 is 0 Å². The molecule has 1 saturated carbocycles. The van der Waals surface area contributed by atoms with Crippen LogP contribution in [0.5, 0.6) is 0 Å². The summed E-state index contributed by atoms with van der Waals surface area (Å²) in [5, 5.41) is 5.46. The van der Waals surface area contributed by atoms with Gasteiger partial charge in [-0.15, -0.1) is 0 Å². The van der Waals surface area contributed by atoms with E-state index in [4.69, 9.17) is 11.6 Å². The maximum Gasteiger partial charge on any atom is 0.228 e. The first-order valence-electron chi connectivity index (χ1n) is 8.43. The van der Waals surface area contributed by atoms with Gasteiger partial charge in [-0.25, -0.2) is 0 Å². The standard InChI is InChI=1S/C20H18ClN3OS/c1-22-26-15-6-3-12(4-7-15)16-9-18(16)20(25)24-14-5-2-13-10-23-11-19(21)17(13)8-14/h2-8,10-11,16,18,22H,9H2,1H3,(H,24,25)/t16-,18?/m0/s1. The molecule has 1 aromatic heterocycles. The summed E-state index contributed by atoms with van der Waals surface area (Å²) in [4.78, 5) is 17.8. The first kappa shape index (κ1) is 17.3. The molecule has 0 radical (unpaired) electrons. The molecule has 3 aromatic rings. The van der Waals surface area contributed by atoms with Gasteiger partial charge in [0, 0.05) is 39.7 Å². The van der Waals surface area contributed by atoms with E-state index in [1.165, 1.54) is 10.5 Å². The summed E-state index contributed by atoms with van der Waals surface area (Å²) in [6.45, 7) is 0. The van der Waals surface area contributed by atoms with Crippen molar-refractivity contribution in [2.45, 2.75) is 17.2 Å². The molecule has 1 aliphatic carbocycles. The summed E-state index contributed by atoms with van der Waals surface area (Å²) in [6, 6.07) is 14.1. The molecule has 6 heteroatoms. The Kier molecular flexibility index (Phi) is 4.85. The van der Waals surface area contributed by atoms with Gasteiger partial charge in [-0.2, -0.15) is 0 Å². The van der Waals surface area contributed by atoms with Crippen molar-refractivity contribution in [2.24, 2.45) is 5.92 Å². The smallest absolute Gasteiger partial charge is 0.228 e. The third-order valence-corrected chi connectivity index (χ3v) is 5.65. The fourth-order valence-electron chi connectivity index (χ4n) is 3.20. The number of hydrogen-bond donors (Lipinski definition) is 2. The van der Waals surface area contributed by atoms with Crippen LogP contribution < -0.4 is 10.0 Å². The van der Waals surface area contributed by atoms with Crippen LogP contribution in [0, 0.1) is 5.92 Å². The average molecular weight is 384 g/mol. The predicted molar refractivity (Wildman–Crippen MR) is 108 cm³/mol. The van der Waals surface area contributed by atoms with Gasteiger partial charge in [-0.1, -0.05) is 29.8 Å². The fourth-order valence-corrected chi connectivity index (χ4v) is 3.92. The monoisotopic (exact) mass is 383 g/mol. The van der Waals surface area contributed by atoms with Crippen molar-refractivity contribution in [2.75, 3.05) is 12.4 Å². The largest absolute Gasteiger partial charge is 0.326 e. The highest BCUT2D eigenvalue weighted by Crippen LogP contribution is 2.48. The van der Waals surface area contributed by atoms with Gasteiger partial charge in [0.15, 0.2) is 0 Å². The van der Waals surface area contributed by atoms with Crippen LogP contribution >= 0.6 is 23.5 Å². The lowest BCUT2D eigenvalue weighted by molar-refractivity contribution is -0.117. The summed E-state index contributed by atoms with van der Waals surface area (Å²) < 4.78 is 3.06. The zero-order valence-corrected chi connectivity index (χ0v) is 15.8. The van der Waals surface area contributed by atoms with Crippen molar-refractivity contribution in [3.63, 3.8) is 0 Å². The second kappa shape index (κ2) is 7.27. The van der Waals surface area contributed by atoms with E-state index in [2.05, 4.69) is 39.3 Å². The number of rotatable bonds is 5. The van der Waals surface area contributed by atoms with Crippen LogP contribution in [0.25, 0.3) is 10.8 Å². The lowest BCUT2D eigenvalue weighted by atomic mass is 10.1. The summed E-state index contributed by atoms with van der Waals surface area (Å²) >= 11 is 7.78. The van der Waals surface area contributed by atoms with Gasteiger partial charge in [-0.05, 0) is 61.2 Å². The molecule has 1 fully saturated rings. The second-order valence-electron chi connectivity index (χ2n) is 6.37. The lowest BCUT2D eigenvalue weighted by Crippen LogP contribution is -2.14. The number of anilines is 1. The molecule has 1 unspecified atom stereocenters. The molecule has 2 N–H and O–H groups in total. The SMILES string of the molecule is CNSc1ccc([C@@H]2CC2C(=O)Nc2ccc3cncc(Cl)c3c2)cc1. The van der Waals surface area contributed by atoms with Crippen LogP contribution in [0.1, 0.15) is 17.9 Å². The highest BCUT2D eigenvalue weighted by atomic mass is 35.5. The molecule has 4 nitrogen and oxygen atoms in total. The Morgan fingerprint density at radius 2 is 2.00 bits per heavy atom. The Morgan fingerprint density at radius 3 is 2.77 bits per heavy atom.